The van der Waals surface area contributed by atoms with Gasteiger partial charge in [0, 0.05) is 25.8 Å². The Hall–Kier alpha value is -1.75. The molecule has 1 aromatic rings. The number of nitrogens with zero attached hydrogens (tertiary/aromatic N) is 1. The van der Waals surface area contributed by atoms with Gasteiger partial charge in [-0.05, 0) is 19.9 Å². The van der Waals surface area contributed by atoms with E-state index in [1.54, 1.807) is 13.8 Å². The minimum atomic E-state index is -3.88. The number of hydrazine groups is 1. The van der Waals surface area contributed by atoms with Crippen LogP contribution in [0.5, 0.6) is 0 Å². The molecule has 21 heavy (non-hydrogen) atoms. The van der Waals surface area contributed by atoms with Crippen molar-refractivity contribution in [1.82, 2.24) is 4.72 Å². The first-order chi connectivity index (χ1) is 9.63. The smallest absolute Gasteiger partial charge is 0.271 e. The van der Waals surface area contributed by atoms with Crippen molar-refractivity contribution in [3.05, 3.63) is 28.3 Å². The molecule has 4 N–H and O–H groups in total. The number of non-ortho nitro benzene ring substituents is 1. The first kappa shape index (κ1) is 17.3. The molecule has 0 radical (unpaired) electrons. The Bertz CT molecular complexity index is 630. The number of nitrogen functional groups attached to an aromatic ring is 1. The molecule has 0 bridgehead atoms. The number of hydrogen-bond donors (Lipinski definition) is 3. The monoisotopic (exact) mass is 318 g/mol. The van der Waals surface area contributed by atoms with Crippen LogP contribution in [-0.2, 0) is 14.8 Å². The standard InChI is InChI=1S/C11H18N4O5S/c1-11(2,20-3)7-13-21(18,19)10-5-4-8(15(16)17)6-9(10)14-12/h4-6,13-14H,7,12H2,1-3H3. The SMILES string of the molecule is COC(C)(C)CNS(=O)(=O)c1ccc([N+](=O)[O-])cc1NN. The van der Waals surface area contributed by atoms with E-state index in [0.29, 0.717) is 0 Å². The van der Waals surface area contributed by atoms with Crippen LogP contribution in [0.2, 0.25) is 0 Å². The van der Waals surface area contributed by atoms with Crippen LogP contribution in [0, 0.1) is 10.1 Å². The molecule has 0 unspecified atom stereocenters. The summed E-state index contributed by atoms with van der Waals surface area (Å²) in [4.78, 5) is 9.86. The maximum Gasteiger partial charge on any atom is 0.271 e. The number of benzene rings is 1. The number of nitro groups is 1. The third-order valence-electron chi connectivity index (χ3n) is 2.86. The lowest BCUT2D eigenvalue weighted by molar-refractivity contribution is -0.384. The van der Waals surface area contributed by atoms with Crippen molar-refractivity contribution in [2.24, 2.45) is 5.84 Å². The van der Waals surface area contributed by atoms with Crippen LogP contribution in [-0.4, -0.2) is 32.6 Å². The molecule has 0 spiro atoms. The van der Waals surface area contributed by atoms with Crippen molar-refractivity contribution in [3.63, 3.8) is 0 Å². The number of rotatable bonds is 7. The molecule has 9 nitrogen and oxygen atoms in total. The first-order valence-electron chi connectivity index (χ1n) is 5.93. The van der Waals surface area contributed by atoms with Crippen molar-refractivity contribution < 1.29 is 18.1 Å². The minimum Gasteiger partial charge on any atom is -0.377 e. The predicted octanol–water partition coefficient (Wildman–Crippen LogP) is 0.584. The summed E-state index contributed by atoms with van der Waals surface area (Å²) in [7, 11) is -2.42. The van der Waals surface area contributed by atoms with Gasteiger partial charge < -0.3 is 10.2 Å². The van der Waals surface area contributed by atoms with Gasteiger partial charge in [-0.3, -0.25) is 16.0 Å². The molecule has 0 fully saturated rings. The second kappa shape index (κ2) is 6.35. The summed E-state index contributed by atoms with van der Waals surface area (Å²) in [6.07, 6.45) is 0. The van der Waals surface area contributed by atoms with E-state index in [-0.39, 0.29) is 22.8 Å². The Morgan fingerprint density at radius 2 is 2.05 bits per heavy atom. The van der Waals surface area contributed by atoms with Gasteiger partial charge in [-0.25, -0.2) is 13.1 Å². The van der Waals surface area contributed by atoms with Crippen LogP contribution in [0.15, 0.2) is 23.1 Å². The lowest BCUT2D eigenvalue weighted by Gasteiger charge is -2.23. The van der Waals surface area contributed by atoms with Gasteiger partial charge in [0.2, 0.25) is 10.0 Å². The summed E-state index contributed by atoms with van der Waals surface area (Å²) < 4.78 is 31.9. The second-order valence-electron chi connectivity index (χ2n) is 4.87. The zero-order chi connectivity index (χ0) is 16.3. The number of nitrogens with two attached hydrogens (primary N) is 1. The zero-order valence-corrected chi connectivity index (χ0v) is 12.7. The van der Waals surface area contributed by atoms with Crippen LogP contribution >= 0.6 is 0 Å². The van der Waals surface area contributed by atoms with Crippen LogP contribution in [0.25, 0.3) is 0 Å². The van der Waals surface area contributed by atoms with Crippen molar-refractivity contribution in [2.45, 2.75) is 24.3 Å². The van der Waals surface area contributed by atoms with E-state index in [1.807, 2.05) is 0 Å². The van der Waals surface area contributed by atoms with Gasteiger partial charge in [-0.1, -0.05) is 0 Å². The molecule has 0 saturated heterocycles. The lowest BCUT2D eigenvalue weighted by Crippen LogP contribution is -2.39. The lowest BCUT2D eigenvalue weighted by atomic mass is 10.1. The number of nitro benzene ring substituents is 1. The average molecular weight is 318 g/mol. The van der Waals surface area contributed by atoms with Gasteiger partial charge >= 0.3 is 0 Å². The number of hydrogen-bond acceptors (Lipinski definition) is 7. The molecular formula is C11H18N4O5S. The highest BCUT2D eigenvalue weighted by atomic mass is 32.2. The zero-order valence-electron chi connectivity index (χ0n) is 11.9. The average Bonchev–Trinajstić information content (AvgIpc) is 2.44. The number of sulfonamides is 1. The summed E-state index contributed by atoms with van der Waals surface area (Å²) in [5.74, 6) is 5.23. The molecule has 0 aliphatic heterocycles. The van der Waals surface area contributed by atoms with E-state index < -0.39 is 20.5 Å². The molecule has 0 amide bonds. The van der Waals surface area contributed by atoms with E-state index in [0.717, 1.165) is 18.2 Å². The highest BCUT2D eigenvalue weighted by Gasteiger charge is 2.25. The summed E-state index contributed by atoms with van der Waals surface area (Å²) in [5, 5.41) is 10.7. The molecule has 0 saturated carbocycles. The molecule has 118 valence electrons. The molecule has 0 heterocycles. The van der Waals surface area contributed by atoms with Crippen LogP contribution < -0.4 is 16.0 Å². The summed E-state index contributed by atoms with van der Waals surface area (Å²) in [5.41, 5.74) is 1.14. The Morgan fingerprint density at radius 1 is 1.43 bits per heavy atom. The Morgan fingerprint density at radius 3 is 2.52 bits per heavy atom. The van der Waals surface area contributed by atoms with E-state index in [2.05, 4.69) is 10.1 Å². The maximum atomic E-state index is 12.2. The van der Waals surface area contributed by atoms with Gasteiger partial charge in [-0.15, -0.1) is 0 Å². The molecule has 0 atom stereocenters. The number of anilines is 1. The van der Waals surface area contributed by atoms with Crippen molar-refractivity contribution in [3.8, 4) is 0 Å². The fraction of sp³-hybridized carbons (Fsp3) is 0.455. The Balaban J connectivity index is 3.11. The summed E-state index contributed by atoms with van der Waals surface area (Å²) >= 11 is 0. The Labute approximate surface area is 122 Å². The third-order valence-corrected chi connectivity index (χ3v) is 4.32. The molecule has 1 aromatic carbocycles. The normalized spacial score (nSPS) is 12.2. The van der Waals surface area contributed by atoms with Crippen molar-refractivity contribution in [2.75, 3.05) is 19.1 Å². The first-order valence-corrected chi connectivity index (χ1v) is 7.41. The van der Waals surface area contributed by atoms with Crippen LogP contribution in [0.4, 0.5) is 11.4 Å². The third kappa shape index (κ3) is 4.36. The van der Waals surface area contributed by atoms with E-state index in [9.17, 15) is 18.5 Å². The number of methoxy groups -OCH3 is 1. The van der Waals surface area contributed by atoms with E-state index >= 15 is 0 Å². The van der Waals surface area contributed by atoms with Gasteiger partial charge in [0.25, 0.3) is 5.69 Å². The van der Waals surface area contributed by atoms with Crippen molar-refractivity contribution in [1.29, 1.82) is 0 Å². The highest BCUT2D eigenvalue weighted by molar-refractivity contribution is 7.89. The summed E-state index contributed by atoms with van der Waals surface area (Å²) in [6, 6.07) is 3.27. The van der Waals surface area contributed by atoms with Gasteiger partial charge in [0.05, 0.1) is 16.2 Å². The van der Waals surface area contributed by atoms with Gasteiger partial charge in [-0.2, -0.15) is 0 Å². The number of ether oxygens (including phenoxy) is 1. The predicted molar refractivity (Wildman–Crippen MR) is 77.2 cm³/mol. The molecular weight excluding hydrogens is 300 g/mol. The van der Waals surface area contributed by atoms with Crippen molar-refractivity contribution >= 4 is 21.4 Å². The fourth-order valence-corrected chi connectivity index (χ4v) is 2.75. The molecule has 0 aromatic heterocycles. The number of nitrogens with one attached hydrogen (secondary N) is 2. The molecule has 10 heteroatoms. The van der Waals surface area contributed by atoms with Gasteiger partial charge in [0.1, 0.15) is 4.90 Å². The second-order valence-corrected chi connectivity index (χ2v) is 6.61. The summed E-state index contributed by atoms with van der Waals surface area (Å²) in [6.45, 7) is 3.47. The fourth-order valence-electron chi connectivity index (χ4n) is 1.40. The van der Waals surface area contributed by atoms with Crippen LogP contribution in [0.3, 0.4) is 0 Å². The van der Waals surface area contributed by atoms with Gasteiger partial charge in [0.15, 0.2) is 0 Å². The highest BCUT2D eigenvalue weighted by Crippen LogP contribution is 2.25. The van der Waals surface area contributed by atoms with Crippen LogP contribution in [0.1, 0.15) is 13.8 Å². The largest absolute Gasteiger partial charge is 0.377 e. The quantitative estimate of drug-likeness (QED) is 0.380. The van der Waals surface area contributed by atoms with E-state index in [1.165, 1.54) is 7.11 Å². The topological polar surface area (TPSA) is 137 Å². The minimum absolute atomic E-state index is 0.0346. The Kier molecular flexibility index (Phi) is 5.23. The molecule has 1 rings (SSSR count). The van der Waals surface area contributed by atoms with E-state index in [4.69, 9.17) is 10.6 Å². The maximum absolute atomic E-state index is 12.2. The molecule has 0 aliphatic carbocycles. The molecule has 0 aliphatic rings.